The Hall–Kier alpha value is -1.87. The van der Waals surface area contributed by atoms with Crippen molar-refractivity contribution in [1.82, 2.24) is 4.98 Å². The van der Waals surface area contributed by atoms with E-state index in [0.717, 1.165) is 22.4 Å². The quantitative estimate of drug-likeness (QED) is 0.896. The molecule has 0 aliphatic rings. The summed E-state index contributed by atoms with van der Waals surface area (Å²) in [7, 11) is 0. The minimum absolute atomic E-state index is 0.145. The van der Waals surface area contributed by atoms with Gasteiger partial charge in [-0.15, -0.1) is 0 Å². The Balaban J connectivity index is 2.38. The molecule has 0 bridgehead atoms. The van der Waals surface area contributed by atoms with Crippen LogP contribution in [0.1, 0.15) is 19.4 Å². The predicted octanol–water partition coefficient (Wildman–Crippen LogP) is 2.99. The molecule has 0 saturated heterocycles. The van der Waals surface area contributed by atoms with E-state index in [-0.39, 0.29) is 6.10 Å². The Morgan fingerprint density at radius 3 is 2.72 bits per heavy atom. The Bertz CT molecular complexity index is 523. The molecule has 2 rings (SSSR count). The minimum atomic E-state index is 0.145. The number of ether oxygens (including phenoxy) is 1. The van der Waals surface area contributed by atoms with Gasteiger partial charge < -0.3 is 10.5 Å². The van der Waals surface area contributed by atoms with E-state index in [9.17, 15) is 0 Å². The monoisotopic (exact) mass is 242 g/mol. The largest absolute Gasteiger partial charge is 0.489 e. The summed E-state index contributed by atoms with van der Waals surface area (Å²) in [6.07, 6.45) is 3.71. The Kier molecular flexibility index (Phi) is 3.95. The Morgan fingerprint density at radius 2 is 2.00 bits per heavy atom. The van der Waals surface area contributed by atoms with Crippen molar-refractivity contribution in [3.05, 3.63) is 48.3 Å². The zero-order valence-electron chi connectivity index (χ0n) is 10.8. The second kappa shape index (κ2) is 5.65. The molecule has 3 nitrogen and oxygen atoms in total. The fourth-order valence-electron chi connectivity index (χ4n) is 1.88. The van der Waals surface area contributed by atoms with Gasteiger partial charge in [0.05, 0.1) is 12.3 Å². The third-order valence-electron chi connectivity index (χ3n) is 2.63. The Morgan fingerprint density at radius 1 is 1.22 bits per heavy atom. The van der Waals surface area contributed by atoms with E-state index < -0.39 is 0 Å². The molecule has 18 heavy (non-hydrogen) atoms. The van der Waals surface area contributed by atoms with Crippen LogP contribution in [0.25, 0.3) is 11.1 Å². The molecule has 1 aromatic heterocycles. The molecule has 0 aliphatic heterocycles. The van der Waals surface area contributed by atoms with Crippen LogP contribution in [0, 0.1) is 0 Å². The summed E-state index contributed by atoms with van der Waals surface area (Å²) >= 11 is 0. The molecule has 0 radical (unpaired) electrons. The zero-order valence-corrected chi connectivity index (χ0v) is 10.8. The highest BCUT2D eigenvalue weighted by Crippen LogP contribution is 2.26. The van der Waals surface area contributed by atoms with Crippen molar-refractivity contribution >= 4 is 0 Å². The van der Waals surface area contributed by atoms with Gasteiger partial charge >= 0.3 is 0 Å². The fourth-order valence-corrected chi connectivity index (χ4v) is 1.88. The summed E-state index contributed by atoms with van der Waals surface area (Å²) in [5.41, 5.74) is 9.02. The van der Waals surface area contributed by atoms with Gasteiger partial charge in [-0.05, 0) is 31.0 Å². The van der Waals surface area contributed by atoms with Gasteiger partial charge in [0.15, 0.2) is 0 Å². The molecule has 3 heteroatoms. The van der Waals surface area contributed by atoms with Crippen LogP contribution in [0.3, 0.4) is 0 Å². The number of benzene rings is 1. The molecular weight excluding hydrogens is 224 g/mol. The average molecular weight is 242 g/mol. The normalized spacial score (nSPS) is 10.7. The van der Waals surface area contributed by atoms with E-state index >= 15 is 0 Å². The highest BCUT2D eigenvalue weighted by molar-refractivity contribution is 5.67. The van der Waals surface area contributed by atoms with Crippen LogP contribution in [0.15, 0.2) is 42.7 Å². The maximum atomic E-state index is 5.76. The van der Waals surface area contributed by atoms with Gasteiger partial charge in [0.2, 0.25) is 0 Å². The number of hydrogen-bond donors (Lipinski definition) is 1. The summed E-state index contributed by atoms with van der Waals surface area (Å²) in [6, 6.07) is 10.1. The summed E-state index contributed by atoms with van der Waals surface area (Å²) in [5.74, 6) is 0.786. The second-order valence-electron chi connectivity index (χ2n) is 4.44. The number of pyridine rings is 1. The van der Waals surface area contributed by atoms with E-state index in [1.807, 2.05) is 44.3 Å². The highest BCUT2D eigenvalue weighted by atomic mass is 16.5. The van der Waals surface area contributed by atoms with E-state index in [4.69, 9.17) is 10.5 Å². The minimum Gasteiger partial charge on any atom is -0.489 e. The summed E-state index contributed by atoms with van der Waals surface area (Å²) < 4.78 is 5.66. The van der Waals surface area contributed by atoms with Crippen molar-refractivity contribution in [2.45, 2.75) is 26.5 Å². The summed E-state index contributed by atoms with van der Waals surface area (Å²) in [5, 5.41) is 0. The van der Waals surface area contributed by atoms with Gasteiger partial charge in [-0.3, -0.25) is 4.98 Å². The second-order valence-corrected chi connectivity index (χ2v) is 4.44. The molecule has 0 atom stereocenters. The maximum Gasteiger partial charge on any atom is 0.138 e. The molecule has 0 saturated carbocycles. The lowest BCUT2D eigenvalue weighted by Crippen LogP contribution is -2.06. The van der Waals surface area contributed by atoms with Crippen LogP contribution >= 0.6 is 0 Å². The SMILES string of the molecule is CC(C)Oc1cncc(-c2ccccc2CN)c1. The average Bonchev–Trinajstić information content (AvgIpc) is 2.38. The van der Waals surface area contributed by atoms with Gasteiger partial charge in [0, 0.05) is 18.3 Å². The standard InChI is InChI=1S/C15H18N2O/c1-11(2)18-14-7-13(9-17-10-14)15-6-4-3-5-12(15)8-16/h3-7,9-11H,8,16H2,1-2H3. The van der Waals surface area contributed by atoms with Gasteiger partial charge in [-0.2, -0.15) is 0 Å². The fraction of sp³-hybridized carbons (Fsp3) is 0.267. The van der Waals surface area contributed by atoms with Crippen molar-refractivity contribution in [3.8, 4) is 16.9 Å². The van der Waals surface area contributed by atoms with Crippen LogP contribution in [0.2, 0.25) is 0 Å². The number of aromatic nitrogens is 1. The maximum absolute atomic E-state index is 5.76. The third-order valence-corrected chi connectivity index (χ3v) is 2.63. The van der Waals surface area contributed by atoms with Crippen molar-refractivity contribution < 1.29 is 4.74 Å². The first-order chi connectivity index (χ1) is 8.70. The van der Waals surface area contributed by atoms with Gasteiger partial charge in [0.25, 0.3) is 0 Å². The molecule has 0 spiro atoms. The smallest absolute Gasteiger partial charge is 0.138 e. The third kappa shape index (κ3) is 2.87. The van der Waals surface area contributed by atoms with Crippen molar-refractivity contribution in [3.63, 3.8) is 0 Å². The highest BCUT2D eigenvalue weighted by Gasteiger charge is 2.06. The van der Waals surface area contributed by atoms with E-state index in [1.165, 1.54) is 0 Å². The first-order valence-electron chi connectivity index (χ1n) is 6.10. The number of rotatable bonds is 4. The molecule has 1 heterocycles. The van der Waals surface area contributed by atoms with Crippen LogP contribution in [0.4, 0.5) is 0 Å². The predicted molar refractivity (Wildman–Crippen MR) is 73.3 cm³/mol. The lowest BCUT2D eigenvalue weighted by Gasteiger charge is -2.12. The zero-order chi connectivity index (χ0) is 13.0. The molecule has 2 aromatic rings. The number of hydrogen-bond acceptors (Lipinski definition) is 3. The topological polar surface area (TPSA) is 48.1 Å². The molecule has 0 fully saturated rings. The van der Waals surface area contributed by atoms with Crippen LogP contribution in [-0.4, -0.2) is 11.1 Å². The molecular formula is C15H18N2O. The van der Waals surface area contributed by atoms with Gasteiger partial charge in [-0.25, -0.2) is 0 Å². The Labute approximate surface area is 108 Å². The first kappa shape index (κ1) is 12.6. The first-order valence-corrected chi connectivity index (χ1v) is 6.10. The van der Waals surface area contributed by atoms with Gasteiger partial charge in [-0.1, -0.05) is 24.3 Å². The lowest BCUT2D eigenvalue weighted by atomic mass is 10.0. The molecule has 0 unspecified atom stereocenters. The number of nitrogens with zero attached hydrogens (tertiary/aromatic N) is 1. The summed E-state index contributed by atoms with van der Waals surface area (Å²) in [6.45, 7) is 4.52. The molecule has 94 valence electrons. The van der Waals surface area contributed by atoms with Crippen LogP contribution in [0.5, 0.6) is 5.75 Å². The number of nitrogens with two attached hydrogens (primary N) is 1. The van der Waals surface area contributed by atoms with Crippen molar-refractivity contribution in [2.24, 2.45) is 5.73 Å². The van der Waals surface area contributed by atoms with Crippen molar-refractivity contribution in [1.29, 1.82) is 0 Å². The molecule has 0 amide bonds. The molecule has 2 N–H and O–H groups in total. The van der Waals surface area contributed by atoms with Gasteiger partial charge in [0.1, 0.15) is 5.75 Å². The van der Waals surface area contributed by atoms with E-state index in [2.05, 4.69) is 11.1 Å². The van der Waals surface area contributed by atoms with Crippen LogP contribution < -0.4 is 10.5 Å². The van der Waals surface area contributed by atoms with E-state index in [1.54, 1.807) is 6.20 Å². The van der Waals surface area contributed by atoms with Crippen molar-refractivity contribution in [2.75, 3.05) is 0 Å². The lowest BCUT2D eigenvalue weighted by molar-refractivity contribution is 0.241. The van der Waals surface area contributed by atoms with Crippen LogP contribution in [-0.2, 0) is 6.54 Å². The molecule has 1 aromatic carbocycles. The molecule has 0 aliphatic carbocycles. The van der Waals surface area contributed by atoms with E-state index in [0.29, 0.717) is 6.54 Å². The summed E-state index contributed by atoms with van der Waals surface area (Å²) in [4.78, 5) is 4.22.